The molecule has 3 nitrogen and oxygen atoms in total. The number of nitriles is 1. The molecule has 196 valence electrons. The Morgan fingerprint density at radius 3 is 2.02 bits per heavy atom. The molecule has 0 atom stereocenters. The van der Waals surface area contributed by atoms with E-state index in [1.165, 1.54) is 32.7 Å². The summed E-state index contributed by atoms with van der Waals surface area (Å²) in [6.45, 7) is 2.15. The lowest BCUT2D eigenvalue weighted by atomic mass is 9.86. The second-order valence-electron chi connectivity index (χ2n) is 10.8. The van der Waals surface area contributed by atoms with Crippen LogP contribution in [0.15, 0.2) is 134 Å². The van der Waals surface area contributed by atoms with Gasteiger partial charge in [-0.2, -0.15) is 5.26 Å². The van der Waals surface area contributed by atoms with Crippen LogP contribution in [0.4, 0.5) is 0 Å². The van der Waals surface area contributed by atoms with Crippen molar-refractivity contribution in [3.8, 4) is 34.1 Å². The maximum Gasteiger partial charge on any atom is 0.0991 e. The fraction of sp³-hybridized carbons (Fsp3) is 0.0256. The van der Waals surface area contributed by atoms with Crippen molar-refractivity contribution in [2.75, 3.05) is 0 Å². The summed E-state index contributed by atoms with van der Waals surface area (Å²) in [6.07, 6.45) is 1.87. The van der Waals surface area contributed by atoms with Gasteiger partial charge in [0, 0.05) is 28.2 Å². The van der Waals surface area contributed by atoms with Gasteiger partial charge < -0.3 is 4.57 Å². The molecule has 8 aromatic rings. The van der Waals surface area contributed by atoms with E-state index in [2.05, 4.69) is 121 Å². The van der Waals surface area contributed by atoms with Crippen LogP contribution < -0.4 is 0 Å². The quantitative estimate of drug-likeness (QED) is 0.211. The molecule has 0 aliphatic heterocycles. The van der Waals surface area contributed by atoms with E-state index in [0.29, 0.717) is 5.56 Å². The summed E-state index contributed by atoms with van der Waals surface area (Å²) in [5.41, 5.74) is 9.66. The van der Waals surface area contributed by atoms with E-state index in [-0.39, 0.29) is 0 Å². The molecule has 0 N–H and O–H groups in total. The summed E-state index contributed by atoms with van der Waals surface area (Å²) < 4.78 is 2.29. The van der Waals surface area contributed by atoms with Gasteiger partial charge in [0.2, 0.25) is 0 Å². The van der Waals surface area contributed by atoms with Gasteiger partial charge in [0.1, 0.15) is 0 Å². The average molecular weight is 536 g/mol. The number of hydrogen-bond donors (Lipinski definition) is 0. The van der Waals surface area contributed by atoms with E-state index >= 15 is 0 Å². The highest BCUT2D eigenvalue weighted by Gasteiger charge is 2.19. The van der Waals surface area contributed by atoms with Crippen molar-refractivity contribution in [1.82, 2.24) is 9.55 Å². The van der Waals surface area contributed by atoms with Crippen molar-refractivity contribution >= 4 is 43.4 Å². The number of rotatable bonds is 3. The van der Waals surface area contributed by atoms with Gasteiger partial charge in [-0.1, -0.05) is 78.4 Å². The molecule has 42 heavy (non-hydrogen) atoms. The van der Waals surface area contributed by atoms with Gasteiger partial charge in [-0.15, -0.1) is 0 Å². The predicted octanol–water partition coefficient (Wildman–Crippen LogP) is 10.00. The first-order valence-corrected chi connectivity index (χ1v) is 14.1. The molecule has 0 bridgehead atoms. The lowest BCUT2D eigenvalue weighted by molar-refractivity contribution is 1.18. The minimum atomic E-state index is 0.658. The Labute approximate surface area is 243 Å². The standard InChI is InChI=1S/C39H25N3/c1-25-14-17-31-34(21-25)39(35-13-7-8-20-41-35)30-12-6-5-11-29(30)38(31)27-16-19-37-33(23-27)32-22-26(24-40)15-18-36(32)42(37)28-9-3-2-4-10-28/h2-23H,1H3. The SMILES string of the molecule is Cc1ccc2c(-c3ccc4c(c3)c3cc(C#N)ccc3n4-c3ccccc3)c3ccccc3c(-c3ccccn3)c2c1. The maximum absolute atomic E-state index is 9.74. The average Bonchev–Trinajstić information content (AvgIpc) is 3.37. The van der Waals surface area contributed by atoms with Crippen LogP contribution >= 0.6 is 0 Å². The van der Waals surface area contributed by atoms with Crippen LogP contribution in [0.1, 0.15) is 11.1 Å². The summed E-state index contributed by atoms with van der Waals surface area (Å²) in [6, 6.07) is 47.0. The van der Waals surface area contributed by atoms with Crippen LogP contribution in [0.2, 0.25) is 0 Å². The van der Waals surface area contributed by atoms with Crippen LogP contribution in [0, 0.1) is 18.3 Å². The van der Waals surface area contributed by atoms with Gasteiger partial charge in [0.25, 0.3) is 0 Å². The summed E-state index contributed by atoms with van der Waals surface area (Å²) in [4.78, 5) is 4.78. The third-order valence-corrected chi connectivity index (χ3v) is 8.30. The second-order valence-corrected chi connectivity index (χ2v) is 10.8. The Morgan fingerprint density at radius 1 is 0.571 bits per heavy atom. The Morgan fingerprint density at radius 2 is 1.26 bits per heavy atom. The van der Waals surface area contributed by atoms with Crippen LogP contribution in [-0.4, -0.2) is 9.55 Å². The molecule has 6 aromatic carbocycles. The van der Waals surface area contributed by atoms with Gasteiger partial charge in [0.05, 0.1) is 28.4 Å². The Balaban J connectivity index is 1.50. The number of nitrogens with zero attached hydrogens (tertiary/aromatic N) is 3. The lowest BCUT2D eigenvalue weighted by Gasteiger charge is -2.18. The number of aryl methyl sites for hydroxylation is 1. The highest BCUT2D eigenvalue weighted by molar-refractivity contribution is 6.22. The topological polar surface area (TPSA) is 41.6 Å². The lowest BCUT2D eigenvalue weighted by Crippen LogP contribution is -1.94. The van der Waals surface area contributed by atoms with Gasteiger partial charge >= 0.3 is 0 Å². The Kier molecular flexibility index (Phi) is 5.42. The summed E-state index contributed by atoms with van der Waals surface area (Å²) >= 11 is 0. The van der Waals surface area contributed by atoms with Crippen LogP contribution in [0.3, 0.4) is 0 Å². The predicted molar refractivity (Wildman–Crippen MR) is 174 cm³/mol. The van der Waals surface area contributed by atoms with E-state index in [0.717, 1.165) is 44.3 Å². The molecule has 3 heteroatoms. The van der Waals surface area contributed by atoms with Crippen molar-refractivity contribution in [2.45, 2.75) is 6.92 Å². The van der Waals surface area contributed by atoms with Crippen LogP contribution in [-0.2, 0) is 0 Å². The first-order valence-electron chi connectivity index (χ1n) is 14.1. The second kappa shape index (κ2) is 9.44. The highest BCUT2D eigenvalue weighted by atomic mass is 15.0. The molecule has 0 saturated carbocycles. The highest BCUT2D eigenvalue weighted by Crippen LogP contribution is 2.45. The Hall–Kier alpha value is -5.72. The van der Waals surface area contributed by atoms with Crippen molar-refractivity contribution in [1.29, 1.82) is 5.26 Å². The molecule has 0 amide bonds. The zero-order chi connectivity index (χ0) is 28.2. The monoisotopic (exact) mass is 535 g/mol. The number of hydrogen-bond acceptors (Lipinski definition) is 2. The van der Waals surface area contributed by atoms with Crippen LogP contribution in [0.5, 0.6) is 0 Å². The van der Waals surface area contributed by atoms with Gasteiger partial charge in [-0.3, -0.25) is 4.98 Å². The molecule has 0 aliphatic rings. The molecule has 0 saturated heterocycles. The smallest absolute Gasteiger partial charge is 0.0991 e. The van der Waals surface area contributed by atoms with E-state index in [9.17, 15) is 5.26 Å². The van der Waals surface area contributed by atoms with Crippen LogP contribution in [0.25, 0.3) is 71.4 Å². The van der Waals surface area contributed by atoms with E-state index in [1.807, 2.05) is 30.5 Å². The third kappa shape index (κ3) is 3.63. The number of para-hydroxylation sites is 1. The summed E-state index contributed by atoms with van der Waals surface area (Å²) in [7, 11) is 0. The first kappa shape index (κ1) is 24.1. The third-order valence-electron chi connectivity index (χ3n) is 8.30. The van der Waals surface area contributed by atoms with E-state index in [1.54, 1.807) is 0 Å². The van der Waals surface area contributed by atoms with Crippen molar-refractivity contribution < 1.29 is 0 Å². The summed E-state index contributed by atoms with van der Waals surface area (Å²) in [5, 5.41) is 16.7. The normalized spacial score (nSPS) is 11.4. The molecule has 0 fully saturated rings. The van der Waals surface area contributed by atoms with E-state index < -0.39 is 0 Å². The van der Waals surface area contributed by atoms with Gasteiger partial charge in [0.15, 0.2) is 0 Å². The first-order chi connectivity index (χ1) is 20.7. The maximum atomic E-state index is 9.74. The fourth-order valence-corrected chi connectivity index (χ4v) is 6.49. The van der Waals surface area contributed by atoms with Crippen molar-refractivity contribution in [3.63, 3.8) is 0 Å². The molecule has 8 rings (SSSR count). The molecular weight excluding hydrogens is 510 g/mol. The molecule has 0 aliphatic carbocycles. The Bertz CT molecular complexity index is 2360. The fourth-order valence-electron chi connectivity index (χ4n) is 6.49. The number of fused-ring (bicyclic) bond motifs is 5. The van der Waals surface area contributed by atoms with Gasteiger partial charge in [-0.25, -0.2) is 0 Å². The minimum Gasteiger partial charge on any atom is -0.309 e. The summed E-state index contributed by atoms with van der Waals surface area (Å²) in [5.74, 6) is 0. The minimum absolute atomic E-state index is 0.658. The molecule has 0 unspecified atom stereocenters. The molecular formula is C39H25N3. The van der Waals surface area contributed by atoms with Crippen molar-refractivity contribution in [2.24, 2.45) is 0 Å². The van der Waals surface area contributed by atoms with E-state index in [4.69, 9.17) is 4.98 Å². The molecule has 2 heterocycles. The number of pyridine rings is 1. The number of benzene rings is 6. The molecule has 0 radical (unpaired) electrons. The zero-order valence-corrected chi connectivity index (χ0v) is 23.0. The van der Waals surface area contributed by atoms with Crippen molar-refractivity contribution in [3.05, 3.63) is 145 Å². The largest absolute Gasteiger partial charge is 0.309 e. The molecule has 0 spiro atoms. The molecule has 2 aromatic heterocycles. The zero-order valence-electron chi connectivity index (χ0n) is 23.0. The number of aromatic nitrogens is 2. The van der Waals surface area contributed by atoms with Gasteiger partial charge in [-0.05, 0) is 94.2 Å².